The van der Waals surface area contributed by atoms with Gasteiger partial charge in [-0.15, -0.1) is 0 Å². The molecule has 18 heavy (non-hydrogen) atoms. The molecule has 5 heteroatoms. The van der Waals surface area contributed by atoms with E-state index in [1.807, 2.05) is 0 Å². The quantitative estimate of drug-likeness (QED) is 0.606. The van der Waals surface area contributed by atoms with E-state index in [2.05, 4.69) is 31.8 Å². The molecule has 1 saturated carbocycles. The van der Waals surface area contributed by atoms with Crippen molar-refractivity contribution in [3.63, 3.8) is 0 Å². The third-order valence-electron chi connectivity index (χ3n) is 3.68. The molecule has 1 fully saturated rings. The van der Waals surface area contributed by atoms with Crippen LogP contribution >= 0.6 is 12.6 Å². The Morgan fingerprint density at radius 2 is 2.00 bits per heavy atom. The number of thiol groups is 1. The minimum Gasteiger partial charge on any atom is -0.461 e. The van der Waals surface area contributed by atoms with Crippen LogP contribution in [0.15, 0.2) is 0 Å². The SMILES string of the molecule is CC(=O)NC(CS)C(=O)OC1CCC(C)C(C)C1. The van der Waals surface area contributed by atoms with Crippen LogP contribution in [-0.4, -0.2) is 29.8 Å². The second kappa shape index (κ2) is 7.02. The molecule has 4 atom stereocenters. The smallest absolute Gasteiger partial charge is 0.329 e. The predicted molar refractivity (Wildman–Crippen MR) is 73.5 cm³/mol. The van der Waals surface area contributed by atoms with E-state index in [1.54, 1.807) is 0 Å². The maximum absolute atomic E-state index is 11.9. The van der Waals surface area contributed by atoms with E-state index in [9.17, 15) is 9.59 Å². The molecule has 1 aliphatic rings. The molecule has 1 N–H and O–H groups in total. The van der Waals surface area contributed by atoms with Crippen molar-refractivity contribution < 1.29 is 14.3 Å². The molecule has 0 bridgehead atoms. The van der Waals surface area contributed by atoms with Gasteiger partial charge in [0.1, 0.15) is 12.1 Å². The normalized spacial score (nSPS) is 29.4. The summed E-state index contributed by atoms with van der Waals surface area (Å²) in [6.45, 7) is 5.80. The Morgan fingerprint density at radius 3 is 2.50 bits per heavy atom. The van der Waals surface area contributed by atoms with Crippen molar-refractivity contribution in [3.05, 3.63) is 0 Å². The number of ether oxygens (including phenoxy) is 1. The number of esters is 1. The summed E-state index contributed by atoms with van der Waals surface area (Å²) in [6, 6.07) is -0.638. The van der Waals surface area contributed by atoms with E-state index < -0.39 is 6.04 Å². The standard InChI is InChI=1S/C13H23NO3S/c1-8-4-5-11(6-9(8)2)17-13(16)12(7-18)14-10(3)15/h8-9,11-12,18H,4-7H2,1-3H3,(H,14,15). The minimum absolute atomic E-state index is 0.0140. The van der Waals surface area contributed by atoms with Gasteiger partial charge in [0.2, 0.25) is 5.91 Å². The average Bonchev–Trinajstić information content (AvgIpc) is 2.30. The Bertz CT molecular complexity index is 309. The summed E-state index contributed by atoms with van der Waals surface area (Å²) in [5.74, 6) is 0.920. The molecular formula is C13H23NO3S. The van der Waals surface area contributed by atoms with Gasteiger partial charge in [-0.3, -0.25) is 4.79 Å². The molecule has 0 aliphatic heterocycles. The van der Waals surface area contributed by atoms with Gasteiger partial charge in [0.05, 0.1) is 0 Å². The number of rotatable bonds is 4. The molecule has 0 aromatic rings. The summed E-state index contributed by atoms with van der Waals surface area (Å²) >= 11 is 4.06. The van der Waals surface area contributed by atoms with Gasteiger partial charge < -0.3 is 10.1 Å². The second-order valence-electron chi connectivity index (χ2n) is 5.26. The number of nitrogens with one attached hydrogen (secondary N) is 1. The Hall–Kier alpha value is -0.710. The fraction of sp³-hybridized carbons (Fsp3) is 0.846. The highest BCUT2D eigenvalue weighted by Crippen LogP contribution is 2.31. The van der Waals surface area contributed by atoms with Crippen molar-refractivity contribution in [2.45, 2.75) is 52.2 Å². The van der Waals surface area contributed by atoms with Crippen LogP contribution in [0.3, 0.4) is 0 Å². The van der Waals surface area contributed by atoms with Crippen LogP contribution in [0.5, 0.6) is 0 Å². The van der Waals surface area contributed by atoms with Crippen molar-refractivity contribution in [2.24, 2.45) is 11.8 Å². The van der Waals surface area contributed by atoms with E-state index in [0.29, 0.717) is 11.8 Å². The number of hydrogen-bond donors (Lipinski definition) is 2. The Morgan fingerprint density at radius 1 is 1.33 bits per heavy atom. The van der Waals surface area contributed by atoms with Crippen LogP contribution in [0, 0.1) is 11.8 Å². The van der Waals surface area contributed by atoms with Gasteiger partial charge in [0, 0.05) is 12.7 Å². The fourth-order valence-corrected chi connectivity index (χ4v) is 2.52. The maximum Gasteiger partial charge on any atom is 0.329 e. The zero-order chi connectivity index (χ0) is 13.7. The van der Waals surface area contributed by atoms with Gasteiger partial charge in [-0.25, -0.2) is 4.79 Å². The molecule has 104 valence electrons. The lowest BCUT2D eigenvalue weighted by Crippen LogP contribution is -2.44. The molecule has 4 nitrogen and oxygen atoms in total. The molecular weight excluding hydrogens is 250 g/mol. The summed E-state index contributed by atoms with van der Waals surface area (Å²) in [6.07, 6.45) is 2.90. The highest BCUT2D eigenvalue weighted by atomic mass is 32.1. The van der Waals surface area contributed by atoms with Crippen LogP contribution in [0.1, 0.15) is 40.0 Å². The first kappa shape index (κ1) is 15.3. The molecule has 0 radical (unpaired) electrons. The summed E-state index contributed by atoms with van der Waals surface area (Å²) in [5.41, 5.74) is 0. The summed E-state index contributed by atoms with van der Waals surface area (Å²) in [7, 11) is 0. The largest absolute Gasteiger partial charge is 0.461 e. The van der Waals surface area contributed by atoms with Crippen LogP contribution in [-0.2, 0) is 14.3 Å². The van der Waals surface area contributed by atoms with E-state index in [-0.39, 0.29) is 23.7 Å². The van der Waals surface area contributed by atoms with Crippen molar-refractivity contribution in [2.75, 3.05) is 5.75 Å². The third-order valence-corrected chi connectivity index (χ3v) is 4.04. The molecule has 1 amide bonds. The molecule has 1 rings (SSSR count). The Labute approximate surface area is 114 Å². The van der Waals surface area contributed by atoms with Gasteiger partial charge in [-0.1, -0.05) is 13.8 Å². The fourth-order valence-electron chi connectivity index (χ4n) is 2.28. The number of amides is 1. The molecule has 0 heterocycles. The molecule has 0 spiro atoms. The monoisotopic (exact) mass is 273 g/mol. The summed E-state index contributed by atoms with van der Waals surface area (Å²) in [5, 5.41) is 2.55. The van der Waals surface area contributed by atoms with Crippen LogP contribution in [0.4, 0.5) is 0 Å². The van der Waals surface area contributed by atoms with Crippen LogP contribution < -0.4 is 5.32 Å². The summed E-state index contributed by atoms with van der Waals surface area (Å²) in [4.78, 5) is 22.8. The molecule has 0 aromatic heterocycles. The van der Waals surface area contributed by atoms with Crippen molar-refractivity contribution in [1.82, 2.24) is 5.32 Å². The Kier molecular flexibility index (Phi) is 5.99. The lowest BCUT2D eigenvalue weighted by molar-refractivity contribution is -0.154. The predicted octanol–water partition coefficient (Wildman–Crippen LogP) is 1.79. The Balaban J connectivity index is 2.45. The van der Waals surface area contributed by atoms with Crippen LogP contribution in [0.2, 0.25) is 0 Å². The van der Waals surface area contributed by atoms with Crippen LogP contribution in [0.25, 0.3) is 0 Å². The van der Waals surface area contributed by atoms with Gasteiger partial charge >= 0.3 is 5.97 Å². The van der Waals surface area contributed by atoms with E-state index in [0.717, 1.165) is 19.3 Å². The van der Waals surface area contributed by atoms with Gasteiger partial charge in [-0.05, 0) is 31.1 Å². The molecule has 4 unspecified atom stereocenters. The molecule has 0 saturated heterocycles. The second-order valence-corrected chi connectivity index (χ2v) is 5.63. The first-order chi connectivity index (χ1) is 8.43. The molecule has 0 aromatic carbocycles. The number of hydrogen-bond acceptors (Lipinski definition) is 4. The highest BCUT2D eigenvalue weighted by Gasteiger charge is 2.29. The average molecular weight is 273 g/mol. The summed E-state index contributed by atoms with van der Waals surface area (Å²) < 4.78 is 5.46. The topological polar surface area (TPSA) is 55.4 Å². The lowest BCUT2D eigenvalue weighted by atomic mass is 9.80. The lowest BCUT2D eigenvalue weighted by Gasteiger charge is -2.32. The first-order valence-corrected chi connectivity index (χ1v) is 7.15. The maximum atomic E-state index is 11.9. The van der Waals surface area contributed by atoms with Crippen molar-refractivity contribution in [3.8, 4) is 0 Å². The van der Waals surface area contributed by atoms with E-state index in [1.165, 1.54) is 6.92 Å². The van der Waals surface area contributed by atoms with Gasteiger partial charge in [-0.2, -0.15) is 12.6 Å². The zero-order valence-corrected chi connectivity index (χ0v) is 12.2. The minimum atomic E-state index is -0.638. The number of carbonyl (C=O) groups excluding carboxylic acids is 2. The first-order valence-electron chi connectivity index (χ1n) is 6.52. The van der Waals surface area contributed by atoms with Gasteiger partial charge in [0.15, 0.2) is 0 Å². The van der Waals surface area contributed by atoms with Crippen molar-refractivity contribution in [1.29, 1.82) is 0 Å². The molecule has 1 aliphatic carbocycles. The highest BCUT2D eigenvalue weighted by molar-refractivity contribution is 7.80. The van der Waals surface area contributed by atoms with Crippen molar-refractivity contribution >= 4 is 24.5 Å². The zero-order valence-electron chi connectivity index (χ0n) is 11.3. The van der Waals surface area contributed by atoms with Gasteiger partial charge in [0.25, 0.3) is 0 Å². The van der Waals surface area contributed by atoms with E-state index in [4.69, 9.17) is 4.74 Å². The number of carbonyl (C=O) groups is 2. The van der Waals surface area contributed by atoms with E-state index >= 15 is 0 Å². The third kappa shape index (κ3) is 4.52.